The van der Waals surface area contributed by atoms with E-state index < -0.39 is 11.8 Å². The number of rotatable bonds is 45. The highest BCUT2D eigenvalue weighted by Gasteiger charge is 2.54. The number of carbonyl (C=O) groups is 4. The lowest BCUT2D eigenvalue weighted by molar-refractivity contribution is -0.163. The van der Waals surface area contributed by atoms with Gasteiger partial charge in [0, 0.05) is 19.8 Å². The summed E-state index contributed by atoms with van der Waals surface area (Å²) < 4.78 is 138. The van der Waals surface area contributed by atoms with Crippen molar-refractivity contribution >= 4 is 23.9 Å². The van der Waals surface area contributed by atoms with Gasteiger partial charge in [-0.3, -0.25) is 19.2 Å². The molecule has 0 amide bonds. The van der Waals surface area contributed by atoms with E-state index in [1.54, 1.807) is 0 Å². The number of esters is 4. The summed E-state index contributed by atoms with van der Waals surface area (Å²) in [6.07, 6.45) is 36.7. The van der Waals surface area contributed by atoms with Crippen LogP contribution in [-0.4, -0.2) is 330 Å². The zero-order chi connectivity index (χ0) is 88.8. The highest BCUT2D eigenvalue weighted by atomic mass is 16.7. The van der Waals surface area contributed by atoms with Crippen molar-refractivity contribution in [3.63, 3.8) is 0 Å². The van der Waals surface area contributed by atoms with Crippen LogP contribution in [0.1, 0.15) is 229 Å². The standard InChI is InChI=1S/C21H36O4.C14H18O7.C14H20O6.C14H24O4.C12H20O4.C11H22O2.C7H14O2.C4H8O/c1-21(2,15-3-7-17(8-4-15)22-11-19-13-24-19)16-5-9-18(10-6-16)23-12-20-14-25-20;15-13(19-5-7-3-17-7)9-1-11-12(21-11)2-10(9)14(16)20-6-8-4-18-8;15-13(19-7-9-5-17-9)11-3-1-2-4-12(11)14(16)20-8-10-6-18-10;1-2-12(6-16-8-14-10-18-14)4-3-11(1)5-15-7-13-9-17-13;1-2-10(14-6-12-8-16-12)4-3-9(1)13-5-11-7-15-11;1-3-5-6-10(4-2)7-12-8-11-9-13-11;1-7(2,3)9-5-6-4-8-6;1-2-4-3-5-4/h15-20H,3-14H2,1-2H3;7-12H,1-6H2;9-12H,1-8H2;11-14H,1-10H2;9-12H,1-8H2;10-11H,3-9H2,1-2H3;6H,4-5H2,1-3H3;4H,2-3H2,1H3. The Morgan fingerprint density at radius 3 is 0.882 bits per heavy atom. The van der Waals surface area contributed by atoms with Crippen molar-refractivity contribution in [3.05, 3.63) is 0 Å². The SMILES string of the molecule is C1CC(COCC2CO2)CCC1COCC1CO1.C1CC(OCC2CO2)CCC1OCC1CO1.CC(C)(C)OCC1CO1.CC(C)(C1CCC(OCC2CO2)CC1)C1CCC(OCC2CO2)CC1.CCC1CO1.CCCCC(CC)COCC1CO1.O=C(OCC1CO1)C1CC2OC2CC1C(=O)OCC1CO1.O=C(OCC1CO1)C1CCCCC1C(=O)OCC1CO1. The third kappa shape index (κ3) is 42.9. The summed E-state index contributed by atoms with van der Waals surface area (Å²) in [7, 11) is 0. The number of unbranched alkanes of at least 4 members (excludes halogenated alkanes) is 1. The number of carbonyl (C=O) groups excluding carboxylic acids is 4. The van der Waals surface area contributed by atoms with E-state index in [4.69, 9.17) is 123 Å². The van der Waals surface area contributed by atoms with Crippen LogP contribution < -0.4 is 0 Å². The minimum atomic E-state index is -0.472. The molecule has 20 unspecified atom stereocenters. The lowest BCUT2D eigenvalue weighted by atomic mass is 9.60. The molecule has 30 nitrogen and oxygen atoms in total. The van der Waals surface area contributed by atoms with Crippen LogP contribution in [0.2, 0.25) is 0 Å². The molecule has 0 aromatic rings. The lowest BCUT2D eigenvalue weighted by Gasteiger charge is -2.46. The van der Waals surface area contributed by atoms with Gasteiger partial charge in [-0.2, -0.15) is 0 Å². The molecule has 20 atom stereocenters. The summed E-state index contributed by atoms with van der Waals surface area (Å²) in [5.41, 5.74) is 0.446. The molecule has 30 heteroatoms. The Morgan fingerprint density at radius 1 is 0.315 bits per heavy atom. The molecule has 6 saturated carbocycles. The van der Waals surface area contributed by atoms with Crippen molar-refractivity contribution in [2.75, 3.05) is 185 Å². The molecular formula is C97H162O30. The summed E-state index contributed by atoms with van der Waals surface area (Å²) in [4.78, 5) is 48.6. The Hall–Kier alpha value is -3.00. The smallest absolute Gasteiger partial charge is 0.310 e. The van der Waals surface area contributed by atoms with Gasteiger partial charge < -0.3 is 123 Å². The molecule has 0 aromatic heterocycles. The molecule has 0 aromatic carbocycles. The highest BCUT2D eigenvalue weighted by Crippen LogP contribution is 2.50. The third-order valence-electron chi connectivity index (χ3n) is 27.8. The molecule has 730 valence electrons. The molecule has 20 fully saturated rings. The first-order valence-electron chi connectivity index (χ1n) is 49.9. The molecule has 20 aliphatic rings. The van der Waals surface area contributed by atoms with Crippen molar-refractivity contribution in [1.82, 2.24) is 0 Å². The van der Waals surface area contributed by atoms with Gasteiger partial charge in [-0.15, -0.1) is 0 Å². The second kappa shape index (κ2) is 52.9. The first-order chi connectivity index (χ1) is 61.7. The molecule has 14 saturated heterocycles. The molecule has 14 aliphatic heterocycles. The predicted molar refractivity (Wildman–Crippen MR) is 463 cm³/mol. The van der Waals surface area contributed by atoms with Crippen LogP contribution in [-0.2, 0) is 142 Å². The van der Waals surface area contributed by atoms with Crippen molar-refractivity contribution < 1.29 is 142 Å². The van der Waals surface area contributed by atoms with Gasteiger partial charge in [-0.25, -0.2) is 0 Å². The van der Waals surface area contributed by atoms with Gasteiger partial charge in [-0.1, -0.05) is 66.7 Å². The Kier molecular flexibility index (Phi) is 42.3. The number of epoxide rings is 14. The minimum absolute atomic E-state index is 0.00799. The Balaban J connectivity index is 0.000000127. The molecule has 20 rings (SSSR count). The third-order valence-corrected chi connectivity index (χ3v) is 27.8. The number of ether oxygens (including phenoxy) is 26. The highest BCUT2D eigenvalue weighted by molar-refractivity contribution is 5.83. The van der Waals surface area contributed by atoms with E-state index in [9.17, 15) is 19.2 Å². The van der Waals surface area contributed by atoms with Gasteiger partial charge >= 0.3 is 23.9 Å². The summed E-state index contributed by atoms with van der Waals surface area (Å²) in [5.74, 6) is 1.05. The van der Waals surface area contributed by atoms with Gasteiger partial charge in [0.15, 0.2) is 0 Å². The van der Waals surface area contributed by atoms with Crippen molar-refractivity contribution in [3.8, 4) is 0 Å². The average molecular weight is 1810 g/mol. The van der Waals surface area contributed by atoms with Crippen LogP contribution in [0.4, 0.5) is 0 Å². The molecule has 127 heavy (non-hydrogen) atoms. The average Bonchev–Trinajstić information content (AvgIpc) is 1.64. The maximum atomic E-state index is 12.2. The summed E-state index contributed by atoms with van der Waals surface area (Å²) in [5, 5.41) is 0. The van der Waals surface area contributed by atoms with E-state index >= 15 is 0 Å². The normalized spacial score (nSPS) is 37.1. The summed E-state index contributed by atoms with van der Waals surface area (Å²) in [6, 6.07) is 0. The largest absolute Gasteiger partial charge is 0.463 e. The molecule has 0 bridgehead atoms. The second-order valence-corrected chi connectivity index (χ2v) is 40.6. The zero-order valence-corrected chi connectivity index (χ0v) is 78.3. The van der Waals surface area contributed by atoms with Crippen LogP contribution in [0.3, 0.4) is 0 Å². The van der Waals surface area contributed by atoms with Gasteiger partial charge in [0.1, 0.15) is 99.7 Å². The fourth-order valence-electron chi connectivity index (χ4n) is 17.6. The molecule has 0 spiro atoms. The van der Waals surface area contributed by atoms with E-state index in [0.717, 1.165) is 200 Å². The molecule has 0 radical (unpaired) electrons. The van der Waals surface area contributed by atoms with E-state index in [-0.39, 0.29) is 91.2 Å². The van der Waals surface area contributed by atoms with E-state index in [2.05, 4.69) is 55.4 Å². The molecule has 0 N–H and O–H groups in total. The quantitative estimate of drug-likeness (QED) is 0.0310. The van der Waals surface area contributed by atoms with Crippen molar-refractivity contribution in [1.29, 1.82) is 0 Å². The van der Waals surface area contributed by atoms with Crippen LogP contribution in [0.15, 0.2) is 0 Å². The molecule has 6 aliphatic carbocycles. The van der Waals surface area contributed by atoms with Gasteiger partial charge in [0.05, 0.1) is 211 Å². The van der Waals surface area contributed by atoms with Crippen LogP contribution in [0.25, 0.3) is 0 Å². The van der Waals surface area contributed by atoms with Gasteiger partial charge in [0.25, 0.3) is 0 Å². The minimum Gasteiger partial charge on any atom is -0.463 e. The maximum Gasteiger partial charge on any atom is 0.310 e. The van der Waals surface area contributed by atoms with Crippen LogP contribution in [0.5, 0.6) is 0 Å². The number of hydrogen-bond donors (Lipinski definition) is 0. The maximum absolute atomic E-state index is 12.2. The van der Waals surface area contributed by atoms with Crippen molar-refractivity contribution in [2.24, 2.45) is 58.7 Å². The molecular weight excluding hydrogens is 1650 g/mol. The lowest BCUT2D eigenvalue weighted by Crippen LogP contribution is -2.39. The van der Waals surface area contributed by atoms with E-state index in [0.29, 0.717) is 150 Å². The predicted octanol–water partition coefficient (Wildman–Crippen LogP) is 11.7. The Labute approximate surface area is 756 Å². The fraction of sp³-hybridized carbons (Fsp3) is 0.959. The van der Waals surface area contributed by atoms with E-state index in [1.165, 1.54) is 109 Å². The topological polar surface area (TPSA) is 354 Å². The monoisotopic (exact) mass is 1810 g/mol. The van der Waals surface area contributed by atoms with Gasteiger partial charge in [-0.05, 0) is 197 Å². The second-order valence-electron chi connectivity index (χ2n) is 40.6. The molecule has 14 heterocycles. The van der Waals surface area contributed by atoms with Gasteiger partial charge in [0.2, 0.25) is 0 Å². The first kappa shape index (κ1) is 101. The summed E-state index contributed by atoms with van der Waals surface area (Å²) >= 11 is 0. The van der Waals surface area contributed by atoms with Crippen molar-refractivity contribution in [2.45, 2.75) is 350 Å². The first-order valence-corrected chi connectivity index (χ1v) is 49.9. The van der Waals surface area contributed by atoms with E-state index in [1.807, 2.05) is 0 Å². The Bertz CT molecular complexity index is 2900. The summed E-state index contributed by atoms with van der Waals surface area (Å²) in [6.45, 7) is 38.9. The number of fused-ring (bicyclic) bond motifs is 1. The van der Waals surface area contributed by atoms with Crippen LogP contribution >= 0.6 is 0 Å². The number of hydrogen-bond acceptors (Lipinski definition) is 30. The zero-order valence-electron chi connectivity index (χ0n) is 78.3. The van der Waals surface area contributed by atoms with Crippen LogP contribution in [0, 0.1) is 58.7 Å². The Morgan fingerprint density at radius 2 is 0.598 bits per heavy atom. The fourth-order valence-corrected chi connectivity index (χ4v) is 17.6.